The third-order valence-electron chi connectivity index (χ3n) is 12.4. The Morgan fingerprint density at radius 1 is 0.328 bits per heavy atom. The van der Waals surface area contributed by atoms with Gasteiger partial charge >= 0.3 is 17.9 Å². The topological polar surface area (TPSA) is 78.9 Å². The Morgan fingerprint density at radius 3 is 0.953 bits per heavy atom. The molecule has 0 spiro atoms. The van der Waals surface area contributed by atoms with Crippen LogP contribution in [0.4, 0.5) is 0 Å². The quantitative estimate of drug-likeness (QED) is 0.0262. The second-order valence-corrected chi connectivity index (χ2v) is 18.8. The summed E-state index contributed by atoms with van der Waals surface area (Å²) in [5, 5.41) is 0. The van der Waals surface area contributed by atoms with E-state index in [4.69, 9.17) is 14.2 Å². The van der Waals surface area contributed by atoms with Crippen LogP contribution in [0.1, 0.15) is 297 Å². The summed E-state index contributed by atoms with van der Waals surface area (Å²) in [6.07, 6.45) is 62.9. The van der Waals surface area contributed by atoms with Crippen LogP contribution in [0.3, 0.4) is 0 Å². The molecule has 6 heteroatoms. The Morgan fingerprint density at radius 2 is 0.609 bits per heavy atom. The summed E-state index contributed by atoms with van der Waals surface area (Å²) >= 11 is 0. The zero-order chi connectivity index (χ0) is 46.5. The van der Waals surface area contributed by atoms with E-state index < -0.39 is 6.10 Å². The Kier molecular flexibility index (Phi) is 51.3. The van der Waals surface area contributed by atoms with Crippen LogP contribution in [0.5, 0.6) is 0 Å². The summed E-state index contributed by atoms with van der Waals surface area (Å²) < 4.78 is 16.8. The Labute approximate surface area is 397 Å². The van der Waals surface area contributed by atoms with Crippen LogP contribution in [-0.2, 0) is 28.6 Å². The second-order valence-electron chi connectivity index (χ2n) is 18.8. The zero-order valence-electron chi connectivity index (χ0n) is 42.8. The summed E-state index contributed by atoms with van der Waals surface area (Å²) in [4.78, 5) is 38.0. The SMILES string of the molecule is CC/C=C\C/C=C\C/C=C\CCCC(=O)OCC(COC(=O)CCCCCCCCCCCCCCCCCCCCC)OC(=O)CCCCCCCCCCCCCCCCCC. The molecule has 0 aliphatic rings. The first kappa shape index (κ1) is 61.6. The molecule has 0 bridgehead atoms. The molecular formula is C58H106O6. The summed E-state index contributed by atoms with van der Waals surface area (Å²) in [6.45, 7) is 6.52. The third kappa shape index (κ3) is 50.6. The normalized spacial score (nSPS) is 12.2. The van der Waals surface area contributed by atoms with Crippen LogP contribution >= 0.6 is 0 Å². The number of rotatable bonds is 51. The van der Waals surface area contributed by atoms with E-state index in [9.17, 15) is 14.4 Å². The highest BCUT2D eigenvalue weighted by Gasteiger charge is 2.19. The highest BCUT2D eigenvalue weighted by molar-refractivity contribution is 5.71. The van der Waals surface area contributed by atoms with Gasteiger partial charge in [0.15, 0.2) is 6.10 Å². The van der Waals surface area contributed by atoms with Gasteiger partial charge in [0, 0.05) is 19.3 Å². The van der Waals surface area contributed by atoms with E-state index in [1.807, 2.05) is 0 Å². The molecule has 1 atom stereocenters. The molecule has 6 nitrogen and oxygen atoms in total. The van der Waals surface area contributed by atoms with Crippen molar-refractivity contribution < 1.29 is 28.6 Å². The van der Waals surface area contributed by atoms with Crippen LogP contribution < -0.4 is 0 Å². The predicted octanol–water partition coefficient (Wildman–Crippen LogP) is 18.5. The molecule has 0 aromatic heterocycles. The van der Waals surface area contributed by atoms with Gasteiger partial charge in [0.05, 0.1) is 0 Å². The van der Waals surface area contributed by atoms with E-state index in [2.05, 4.69) is 57.2 Å². The van der Waals surface area contributed by atoms with Gasteiger partial charge in [0.1, 0.15) is 13.2 Å². The van der Waals surface area contributed by atoms with Crippen molar-refractivity contribution in [2.45, 2.75) is 303 Å². The maximum Gasteiger partial charge on any atom is 0.306 e. The molecule has 0 N–H and O–H groups in total. The lowest BCUT2D eigenvalue weighted by Gasteiger charge is -2.18. The maximum atomic E-state index is 12.8. The number of carbonyl (C=O) groups is 3. The Bertz CT molecular complexity index is 1080. The third-order valence-corrected chi connectivity index (χ3v) is 12.4. The molecule has 0 fully saturated rings. The largest absolute Gasteiger partial charge is 0.462 e. The summed E-state index contributed by atoms with van der Waals surface area (Å²) in [6, 6.07) is 0. The van der Waals surface area contributed by atoms with Crippen LogP contribution in [0.25, 0.3) is 0 Å². The fourth-order valence-corrected chi connectivity index (χ4v) is 8.23. The first-order valence-electron chi connectivity index (χ1n) is 28.0. The van der Waals surface area contributed by atoms with Gasteiger partial charge in [-0.3, -0.25) is 14.4 Å². The minimum absolute atomic E-state index is 0.0829. The van der Waals surface area contributed by atoms with E-state index in [1.165, 1.54) is 186 Å². The minimum atomic E-state index is -0.787. The summed E-state index contributed by atoms with van der Waals surface area (Å²) in [7, 11) is 0. The number of unbranched alkanes of at least 4 members (excludes halogenated alkanes) is 34. The van der Waals surface area contributed by atoms with Crippen LogP contribution in [0, 0.1) is 0 Å². The van der Waals surface area contributed by atoms with Crippen molar-refractivity contribution in [2.75, 3.05) is 13.2 Å². The number of carbonyl (C=O) groups excluding carboxylic acids is 3. The van der Waals surface area contributed by atoms with Gasteiger partial charge < -0.3 is 14.2 Å². The van der Waals surface area contributed by atoms with E-state index in [-0.39, 0.29) is 31.1 Å². The fourth-order valence-electron chi connectivity index (χ4n) is 8.23. The molecule has 0 aromatic carbocycles. The van der Waals surface area contributed by atoms with Gasteiger partial charge in [-0.15, -0.1) is 0 Å². The van der Waals surface area contributed by atoms with Crippen LogP contribution in [0.15, 0.2) is 36.5 Å². The number of hydrogen-bond acceptors (Lipinski definition) is 6. The molecule has 0 aliphatic heterocycles. The van der Waals surface area contributed by atoms with E-state index in [0.717, 1.165) is 64.2 Å². The lowest BCUT2D eigenvalue weighted by Crippen LogP contribution is -2.30. The van der Waals surface area contributed by atoms with Crippen LogP contribution in [0.2, 0.25) is 0 Å². The van der Waals surface area contributed by atoms with Crippen molar-refractivity contribution in [3.63, 3.8) is 0 Å². The van der Waals surface area contributed by atoms with Crippen molar-refractivity contribution >= 4 is 17.9 Å². The fraction of sp³-hybridized carbons (Fsp3) is 0.845. The van der Waals surface area contributed by atoms with Gasteiger partial charge in [-0.1, -0.05) is 269 Å². The number of hydrogen-bond donors (Lipinski definition) is 0. The summed E-state index contributed by atoms with van der Waals surface area (Å²) in [5.41, 5.74) is 0. The molecule has 64 heavy (non-hydrogen) atoms. The van der Waals surface area contributed by atoms with Crippen molar-refractivity contribution in [1.29, 1.82) is 0 Å². The monoisotopic (exact) mass is 899 g/mol. The molecule has 0 heterocycles. The van der Waals surface area contributed by atoms with Crippen molar-refractivity contribution in [3.8, 4) is 0 Å². The zero-order valence-corrected chi connectivity index (χ0v) is 42.8. The van der Waals surface area contributed by atoms with Crippen molar-refractivity contribution in [1.82, 2.24) is 0 Å². The predicted molar refractivity (Wildman–Crippen MR) is 275 cm³/mol. The molecule has 0 amide bonds. The van der Waals surface area contributed by atoms with Gasteiger partial charge in [-0.2, -0.15) is 0 Å². The first-order valence-corrected chi connectivity index (χ1v) is 28.0. The highest BCUT2D eigenvalue weighted by atomic mass is 16.6. The molecule has 0 radical (unpaired) electrons. The summed E-state index contributed by atoms with van der Waals surface area (Å²) in [5.74, 6) is -0.923. The number of allylic oxidation sites excluding steroid dienone is 6. The maximum absolute atomic E-state index is 12.8. The smallest absolute Gasteiger partial charge is 0.306 e. The molecule has 0 saturated carbocycles. The van der Waals surface area contributed by atoms with Crippen molar-refractivity contribution in [3.05, 3.63) is 36.5 Å². The lowest BCUT2D eigenvalue weighted by molar-refractivity contribution is -0.167. The molecule has 0 aliphatic carbocycles. The van der Waals surface area contributed by atoms with Gasteiger partial charge in [0.25, 0.3) is 0 Å². The van der Waals surface area contributed by atoms with Crippen LogP contribution in [-0.4, -0.2) is 37.2 Å². The second kappa shape index (κ2) is 53.2. The van der Waals surface area contributed by atoms with E-state index in [1.54, 1.807) is 0 Å². The molecule has 0 aromatic rings. The Hall–Kier alpha value is -2.37. The first-order chi connectivity index (χ1) is 31.5. The average molecular weight is 899 g/mol. The molecule has 374 valence electrons. The van der Waals surface area contributed by atoms with Gasteiger partial charge in [-0.05, 0) is 44.9 Å². The van der Waals surface area contributed by atoms with Gasteiger partial charge in [0.2, 0.25) is 0 Å². The average Bonchev–Trinajstić information content (AvgIpc) is 3.29. The Balaban J connectivity index is 4.30. The standard InChI is InChI=1S/C58H106O6/c1-4-7-10-13-16-19-22-24-26-28-29-30-32-33-36-39-42-45-48-51-57(60)63-54-55(53-62-56(59)50-47-44-41-38-35-21-18-15-12-9-6-3)64-58(61)52-49-46-43-40-37-34-31-27-25-23-20-17-14-11-8-5-2/h9,12,18,21,38,41,55H,4-8,10-11,13-17,19-20,22-37,39-40,42-54H2,1-3H3/b12-9-,21-18-,41-38-. The highest BCUT2D eigenvalue weighted by Crippen LogP contribution is 2.17. The molecule has 0 saturated heterocycles. The number of esters is 3. The lowest BCUT2D eigenvalue weighted by atomic mass is 10.0. The minimum Gasteiger partial charge on any atom is -0.462 e. The molecule has 1 unspecified atom stereocenters. The van der Waals surface area contributed by atoms with Gasteiger partial charge in [-0.25, -0.2) is 0 Å². The molecule has 0 rings (SSSR count). The number of ether oxygens (including phenoxy) is 3. The van der Waals surface area contributed by atoms with E-state index >= 15 is 0 Å². The van der Waals surface area contributed by atoms with Crippen molar-refractivity contribution in [2.24, 2.45) is 0 Å². The molecular weight excluding hydrogens is 793 g/mol. The van der Waals surface area contributed by atoms with E-state index in [0.29, 0.717) is 25.7 Å².